The number of hydrogen-bond acceptors (Lipinski definition) is 3. The molecule has 1 saturated heterocycles. The Labute approximate surface area is 138 Å². The van der Waals surface area contributed by atoms with E-state index in [9.17, 15) is 0 Å². The Morgan fingerprint density at radius 2 is 1.61 bits per heavy atom. The third kappa shape index (κ3) is 2.31. The molecular formula is C20H25N3. The van der Waals surface area contributed by atoms with E-state index >= 15 is 0 Å². The predicted molar refractivity (Wildman–Crippen MR) is 96.8 cm³/mol. The van der Waals surface area contributed by atoms with E-state index in [0.717, 1.165) is 38.2 Å². The third-order valence-electron chi connectivity index (χ3n) is 5.83. The van der Waals surface area contributed by atoms with Gasteiger partial charge in [-0.05, 0) is 49.6 Å². The number of likely N-dealkylation sites (N-methyl/N-ethyl adjacent to an activating group) is 1. The van der Waals surface area contributed by atoms with Crippen LogP contribution >= 0.6 is 0 Å². The van der Waals surface area contributed by atoms with E-state index in [1.807, 2.05) is 12.1 Å². The van der Waals surface area contributed by atoms with Gasteiger partial charge in [-0.1, -0.05) is 36.4 Å². The van der Waals surface area contributed by atoms with Crippen LogP contribution in [-0.2, 0) is 12.0 Å². The highest BCUT2D eigenvalue weighted by Crippen LogP contribution is 2.43. The fourth-order valence-corrected chi connectivity index (χ4v) is 4.44. The summed E-state index contributed by atoms with van der Waals surface area (Å²) < 4.78 is 0. The molecule has 0 unspecified atom stereocenters. The van der Waals surface area contributed by atoms with Crippen LogP contribution in [0, 0.1) is 0 Å². The summed E-state index contributed by atoms with van der Waals surface area (Å²) in [6.45, 7) is 3.28. The normalized spacial score (nSPS) is 20.5. The second kappa shape index (κ2) is 5.57. The van der Waals surface area contributed by atoms with Crippen LogP contribution < -0.4 is 10.6 Å². The molecule has 3 heteroatoms. The predicted octanol–water partition coefficient (Wildman–Crippen LogP) is 3.25. The molecule has 120 valence electrons. The SMILES string of the molecule is CN1CCc2ccccc2C12CCN(c1ccccc1N)CC2. The standard InChI is InChI=1S/C20H25N3/c1-22-13-10-16-6-2-3-7-17(16)20(22)11-14-23(15-12-20)19-9-5-4-8-18(19)21/h2-9H,10-15,21H2,1H3. The number of fused-ring (bicyclic) bond motifs is 2. The van der Waals surface area contributed by atoms with Crippen molar-refractivity contribution in [3.63, 3.8) is 0 Å². The van der Waals surface area contributed by atoms with Gasteiger partial charge < -0.3 is 10.6 Å². The third-order valence-corrected chi connectivity index (χ3v) is 5.83. The molecule has 4 rings (SSSR count). The molecule has 3 nitrogen and oxygen atoms in total. The van der Waals surface area contributed by atoms with Crippen molar-refractivity contribution >= 4 is 11.4 Å². The maximum Gasteiger partial charge on any atom is 0.0599 e. The van der Waals surface area contributed by atoms with Crippen LogP contribution in [0.25, 0.3) is 0 Å². The van der Waals surface area contributed by atoms with Gasteiger partial charge in [-0.15, -0.1) is 0 Å². The lowest BCUT2D eigenvalue weighted by molar-refractivity contribution is 0.0759. The Morgan fingerprint density at radius 1 is 0.913 bits per heavy atom. The van der Waals surface area contributed by atoms with E-state index in [0.29, 0.717) is 0 Å². The maximum absolute atomic E-state index is 6.17. The van der Waals surface area contributed by atoms with Crippen molar-refractivity contribution in [2.24, 2.45) is 0 Å². The first-order chi connectivity index (χ1) is 11.2. The lowest BCUT2D eigenvalue weighted by atomic mass is 9.74. The highest BCUT2D eigenvalue weighted by Gasteiger charge is 2.42. The smallest absolute Gasteiger partial charge is 0.0599 e. The maximum atomic E-state index is 6.17. The molecule has 0 aliphatic carbocycles. The van der Waals surface area contributed by atoms with Gasteiger partial charge in [-0.25, -0.2) is 0 Å². The van der Waals surface area contributed by atoms with Gasteiger partial charge >= 0.3 is 0 Å². The van der Waals surface area contributed by atoms with Gasteiger partial charge in [0.2, 0.25) is 0 Å². The summed E-state index contributed by atoms with van der Waals surface area (Å²) in [5, 5.41) is 0. The zero-order chi connectivity index (χ0) is 15.9. The molecule has 0 atom stereocenters. The van der Waals surface area contributed by atoms with Gasteiger partial charge in [0, 0.05) is 25.2 Å². The molecule has 0 aromatic heterocycles. The van der Waals surface area contributed by atoms with Gasteiger partial charge in [0.25, 0.3) is 0 Å². The monoisotopic (exact) mass is 307 g/mol. The number of nitrogen functional groups attached to an aromatic ring is 1. The largest absolute Gasteiger partial charge is 0.397 e. The minimum Gasteiger partial charge on any atom is -0.397 e. The quantitative estimate of drug-likeness (QED) is 0.821. The highest BCUT2D eigenvalue weighted by atomic mass is 15.2. The van der Waals surface area contributed by atoms with Gasteiger partial charge in [0.05, 0.1) is 11.4 Å². The number of hydrogen-bond donors (Lipinski definition) is 1. The van der Waals surface area contributed by atoms with Gasteiger partial charge in [0.15, 0.2) is 0 Å². The first-order valence-electron chi connectivity index (χ1n) is 8.60. The molecule has 1 spiro atoms. The molecule has 2 aromatic rings. The van der Waals surface area contributed by atoms with Gasteiger partial charge in [-0.2, -0.15) is 0 Å². The van der Waals surface area contributed by atoms with Crippen molar-refractivity contribution in [3.8, 4) is 0 Å². The lowest BCUT2D eigenvalue weighted by Crippen LogP contribution is -2.54. The summed E-state index contributed by atoms with van der Waals surface area (Å²) in [5.74, 6) is 0. The van der Waals surface area contributed by atoms with Crippen molar-refractivity contribution in [1.82, 2.24) is 4.90 Å². The first kappa shape index (κ1) is 14.6. The molecule has 0 saturated carbocycles. The average Bonchev–Trinajstić information content (AvgIpc) is 2.60. The minimum atomic E-state index is 0.203. The Hall–Kier alpha value is -2.00. The minimum absolute atomic E-state index is 0.203. The summed E-state index contributed by atoms with van der Waals surface area (Å²) in [7, 11) is 2.29. The van der Waals surface area contributed by atoms with Crippen LogP contribution in [0.5, 0.6) is 0 Å². The van der Waals surface area contributed by atoms with Gasteiger partial charge in [-0.3, -0.25) is 4.90 Å². The van der Waals surface area contributed by atoms with Crippen molar-refractivity contribution < 1.29 is 0 Å². The average molecular weight is 307 g/mol. The Morgan fingerprint density at radius 3 is 2.39 bits per heavy atom. The fourth-order valence-electron chi connectivity index (χ4n) is 4.44. The van der Waals surface area contributed by atoms with Crippen LogP contribution in [0.4, 0.5) is 11.4 Å². The van der Waals surface area contributed by atoms with Crippen molar-refractivity contribution in [3.05, 3.63) is 59.7 Å². The molecule has 2 heterocycles. The Bertz CT molecular complexity index is 702. The zero-order valence-electron chi connectivity index (χ0n) is 13.8. The van der Waals surface area contributed by atoms with E-state index in [2.05, 4.69) is 53.2 Å². The Kier molecular flexibility index (Phi) is 3.53. The molecular weight excluding hydrogens is 282 g/mol. The highest BCUT2D eigenvalue weighted by molar-refractivity contribution is 5.67. The first-order valence-corrected chi connectivity index (χ1v) is 8.60. The number of para-hydroxylation sites is 2. The van der Waals surface area contributed by atoms with Crippen LogP contribution in [0.15, 0.2) is 48.5 Å². The zero-order valence-corrected chi connectivity index (χ0v) is 13.8. The molecule has 0 amide bonds. The molecule has 0 bridgehead atoms. The van der Waals surface area contributed by atoms with Crippen LogP contribution in [-0.4, -0.2) is 31.6 Å². The van der Waals surface area contributed by atoms with E-state index < -0.39 is 0 Å². The number of nitrogens with two attached hydrogens (primary N) is 1. The molecule has 0 radical (unpaired) electrons. The summed E-state index contributed by atoms with van der Waals surface area (Å²) in [5.41, 5.74) is 11.5. The van der Waals surface area contributed by atoms with Crippen LogP contribution in [0.3, 0.4) is 0 Å². The van der Waals surface area contributed by atoms with Crippen LogP contribution in [0.2, 0.25) is 0 Å². The summed E-state index contributed by atoms with van der Waals surface area (Å²) >= 11 is 0. The number of anilines is 2. The van der Waals surface area contributed by atoms with E-state index in [-0.39, 0.29) is 5.54 Å². The molecule has 1 fully saturated rings. The lowest BCUT2D eigenvalue weighted by Gasteiger charge is -2.51. The molecule has 2 N–H and O–H groups in total. The number of nitrogens with zero attached hydrogens (tertiary/aromatic N) is 2. The van der Waals surface area contributed by atoms with Crippen molar-refractivity contribution in [1.29, 1.82) is 0 Å². The molecule has 2 aliphatic heterocycles. The summed E-state index contributed by atoms with van der Waals surface area (Å²) in [6.07, 6.45) is 3.49. The number of benzene rings is 2. The van der Waals surface area contributed by atoms with E-state index in [1.54, 1.807) is 11.1 Å². The molecule has 23 heavy (non-hydrogen) atoms. The molecule has 2 aromatic carbocycles. The van der Waals surface area contributed by atoms with E-state index in [1.165, 1.54) is 12.1 Å². The number of rotatable bonds is 1. The van der Waals surface area contributed by atoms with Crippen LogP contribution in [0.1, 0.15) is 24.0 Å². The van der Waals surface area contributed by atoms with Gasteiger partial charge in [0.1, 0.15) is 0 Å². The topological polar surface area (TPSA) is 32.5 Å². The van der Waals surface area contributed by atoms with Crippen molar-refractivity contribution in [2.45, 2.75) is 24.8 Å². The summed E-state index contributed by atoms with van der Waals surface area (Å²) in [6, 6.07) is 17.3. The fraction of sp³-hybridized carbons (Fsp3) is 0.400. The second-order valence-electron chi connectivity index (χ2n) is 6.91. The number of piperidine rings is 1. The summed E-state index contributed by atoms with van der Waals surface area (Å²) in [4.78, 5) is 5.03. The molecule has 2 aliphatic rings. The second-order valence-corrected chi connectivity index (χ2v) is 6.91. The Balaban J connectivity index is 1.63. The van der Waals surface area contributed by atoms with E-state index in [4.69, 9.17) is 5.73 Å². The van der Waals surface area contributed by atoms with Crippen molar-refractivity contribution in [2.75, 3.05) is 37.3 Å².